The van der Waals surface area contributed by atoms with Crippen LogP contribution in [0.3, 0.4) is 0 Å². The van der Waals surface area contributed by atoms with Crippen molar-refractivity contribution in [2.24, 2.45) is 0 Å². The topological polar surface area (TPSA) is 32.3 Å². The number of halogens is 6. The highest BCUT2D eigenvalue weighted by molar-refractivity contribution is 5.75. The summed E-state index contributed by atoms with van der Waals surface area (Å²) in [7, 11) is 0. The number of alkyl halides is 6. The Balaban J connectivity index is 1.84. The smallest absolute Gasteiger partial charge is 0.353 e. The van der Waals surface area contributed by atoms with Gasteiger partial charge in [-0.25, -0.2) is 9.97 Å². The van der Waals surface area contributed by atoms with Crippen LogP contribution in [-0.4, -0.2) is 29.1 Å². The van der Waals surface area contributed by atoms with Gasteiger partial charge < -0.3 is 9.80 Å². The molecule has 34 heavy (non-hydrogen) atoms. The number of rotatable bonds is 6. The lowest BCUT2D eigenvalue weighted by Crippen LogP contribution is -2.35. The van der Waals surface area contributed by atoms with Gasteiger partial charge in [-0.15, -0.1) is 0 Å². The summed E-state index contributed by atoms with van der Waals surface area (Å²) in [6.07, 6.45) is -5.26. The molecule has 186 valence electrons. The lowest BCUT2D eigenvalue weighted by molar-refractivity contribution is -0.142. The summed E-state index contributed by atoms with van der Waals surface area (Å²) in [6, 6.07) is 2.10. The van der Waals surface area contributed by atoms with Gasteiger partial charge >= 0.3 is 12.4 Å². The molecule has 0 saturated heterocycles. The van der Waals surface area contributed by atoms with Gasteiger partial charge in [-0.1, -0.05) is 26.7 Å². The Morgan fingerprint density at radius 2 is 1.62 bits per heavy atom. The second kappa shape index (κ2) is 8.92. The highest BCUT2D eigenvalue weighted by atomic mass is 19.4. The number of hydrogen-bond donors (Lipinski definition) is 0. The van der Waals surface area contributed by atoms with Crippen LogP contribution >= 0.6 is 0 Å². The van der Waals surface area contributed by atoms with Gasteiger partial charge in [-0.3, -0.25) is 0 Å². The van der Waals surface area contributed by atoms with Gasteiger partial charge in [0.15, 0.2) is 0 Å². The van der Waals surface area contributed by atoms with E-state index in [4.69, 9.17) is 0 Å². The minimum atomic E-state index is -4.95. The molecule has 1 aromatic carbocycles. The molecule has 4 nitrogen and oxygen atoms in total. The Hall–Kier alpha value is -2.52. The van der Waals surface area contributed by atoms with Crippen molar-refractivity contribution in [1.29, 1.82) is 0 Å². The standard InChI is InChI=1S/C24H28F6N4/c1-4-6-17(7-5-2)34-13-15-10-11-33(21-20(15)22(34)32-14(3)31-21)19-9-8-16(23(25,26)27)12-18(19)24(28,29)30/h8-9,12,15,17H,4-7,10-11,13H2,1-3H3/t15-/m1/s1. The van der Waals surface area contributed by atoms with Gasteiger partial charge in [0.25, 0.3) is 0 Å². The van der Waals surface area contributed by atoms with Gasteiger partial charge in [0.2, 0.25) is 0 Å². The van der Waals surface area contributed by atoms with Crippen molar-refractivity contribution in [3.8, 4) is 0 Å². The van der Waals surface area contributed by atoms with E-state index in [0.29, 0.717) is 24.1 Å². The normalized spacial score (nSPS) is 18.1. The molecule has 0 aliphatic carbocycles. The zero-order valence-electron chi connectivity index (χ0n) is 19.4. The maximum Gasteiger partial charge on any atom is 0.418 e. The summed E-state index contributed by atoms with van der Waals surface area (Å²) in [5, 5.41) is 0. The minimum absolute atomic E-state index is 0.0850. The molecule has 3 heterocycles. The Kier molecular flexibility index (Phi) is 6.46. The van der Waals surface area contributed by atoms with E-state index in [-0.39, 0.29) is 30.3 Å². The molecule has 0 amide bonds. The predicted molar refractivity (Wildman–Crippen MR) is 119 cm³/mol. The molecule has 2 aliphatic rings. The first kappa shape index (κ1) is 24.6. The predicted octanol–water partition coefficient (Wildman–Crippen LogP) is 7.24. The molecular weight excluding hydrogens is 458 g/mol. The summed E-state index contributed by atoms with van der Waals surface area (Å²) >= 11 is 0. The fourth-order valence-corrected chi connectivity index (χ4v) is 5.24. The van der Waals surface area contributed by atoms with E-state index in [9.17, 15) is 26.3 Å². The van der Waals surface area contributed by atoms with E-state index in [2.05, 4.69) is 28.7 Å². The molecule has 0 radical (unpaired) electrons. The van der Waals surface area contributed by atoms with Gasteiger partial charge in [0.1, 0.15) is 17.5 Å². The molecule has 0 bridgehead atoms. The molecule has 2 aromatic rings. The number of aromatic nitrogens is 2. The SMILES string of the molecule is CCCC(CCC)N1C[C@H]2CCN(c3ccc(C(F)(F)F)cc3C(F)(F)F)c3nc(C)nc1c32. The van der Waals surface area contributed by atoms with Crippen molar-refractivity contribution in [3.05, 3.63) is 40.7 Å². The van der Waals surface area contributed by atoms with Crippen LogP contribution in [0.5, 0.6) is 0 Å². The molecule has 2 aliphatic heterocycles. The van der Waals surface area contributed by atoms with Crippen molar-refractivity contribution in [1.82, 2.24) is 9.97 Å². The maximum atomic E-state index is 13.9. The van der Waals surface area contributed by atoms with Crippen molar-refractivity contribution < 1.29 is 26.3 Å². The molecule has 1 aromatic heterocycles. The molecule has 10 heteroatoms. The van der Waals surface area contributed by atoms with Crippen LogP contribution in [0.2, 0.25) is 0 Å². The third-order valence-electron chi connectivity index (χ3n) is 6.68. The van der Waals surface area contributed by atoms with Gasteiger partial charge in [0, 0.05) is 30.6 Å². The minimum Gasteiger partial charge on any atom is -0.353 e. The molecule has 0 saturated carbocycles. The van der Waals surface area contributed by atoms with Crippen molar-refractivity contribution in [3.63, 3.8) is 0 Å². The molecule has 4 rings (SSSR count). The Morgan fingerprint density at radius 3 is 2.21 bits per heavy atom. The van der Waals surface area contributed by atoms with Crippen LogP contribution in [0, 0.1) is 6.92 Å². The Bertz CT molecular complexity index is 1040. The van der Waals surface area contributed by atoms with Gasteiger partial charge in [0.05, 0.1) is 16.8 Å². The summed E-state index contributed by atoms with van der Waals surface area (Å²) < 4.78 is 81.2. The monoisotopic (exact) mass is 486 g/mol. The lowest BCUT2D eigenvalue weighted by Gasteiger charge is -2.34. The quantitative estimate of drug-likeness (QED) is 0.403. The maximum absolute atomic E-state index is 13.9. The third-order valence-corrected chi connectivity index (χ3v) is 6.68. The average Bonchev–Trinajstić information content (AvgIpc) is 3.11. The number of nitrogens with zero attached hydrogens (tertiary/aromatic N) is 4. The van der Waals surface area contributed by atoms with E-state index >= 15 is 0 Å². The number of hydrogen-bond acceptors (Lipinski definition) is 4. The van der Waals surface area contributed by atoms with Crippen LogP contribution in [0.15, 0.2) is 18.2 Å². The van der Waals surface area contributed by atoms with Crippen LogP contribution in [0.4, 0.5) is 43.7 Å². The first-order valence-electron chi connectivity index (χ1n) is 11.7. The van der Waals surface area contributed by atoms with Gasteiger partial charge in [-0.2, -0.15) is 26.3 Å². The van der Waals surface area contributed by atoms with Crippen LogP contribution < -0.4 is 9.80 Å². The molecule has 0 N–H and O–H groups in total. The first-order valence-corrected chi connectivity index (χ1v) is 11.7. The second-order valence-corrected chi connectivity index (χ2v) is 9.08. The lowest BCUT2D eigenvalue weighted by atomic mass is 9.94. The summed E-state index contributed by atoms with van der Waals surface area (Å²) in [6.45, 7) is 6.91. The first-order chi connectivity index (χ1) is 16.0. The molecular formula is C24H28F6N4. The van der Waals surface area contributed by atoms with Crippen LogP contribution in [0.25, 0.3) is 0 Å². The third kappa shape index (κ3) is 4.43. The number of aryl methyl sites for hydroxylation is 1. The summed E-state index contributed by atoms with van der Waals surface area (Å²) in [4.78, 5) is 12.9. The Morgan fingerprint density at radius 1 is 0.971 bits per heavy atom. The summed E-state index contributed by atoms with van der Waals surface area (Å²) in [5.74, 6) is 1.64. The zero-order valence-corrected chi connectivity index (χ0v) is 19.4. The molecule has 1 atom stereocenters. The van der Waals surface area contributed by atoms with E-state index in [1.165, 1.54) is 4.90 Å². The molecule has 0 fully saturated rings. The largest absolute Gasteiger partial charge is 0.418 e. The van der Waals surface area contributed by atoms with E-state index in [0.717, 1.165) is 49.7 Å². The molecule has 0 spiro atoms. The van der Waals surface area contributed by atoms with Crippen molar-refractivity contribution >= 4 is 17.3 Å². The average molecular weight is 487 g/mol. The highest BCUT2D eigenvalue weighted by Gasteiger charge is 2.44. The molecule has 0 unspecified atom stereocenters. The summed E-state index contributed by atoms with van der Waals surface area (Å²) in [5.41, 5.74) is -2.13. The second-order valence-electron chi connectivity index (χ2n) is 9.08. The fourth-order valence-electron chi connectivity index (χ4n) is 5.24. The van der Waals surface area contributed by atoms with Gasteiger partial charge in [-0.05, 0) is 44.4 Å². The fraction of sp³-hybridized carbons (Fsp3) is 0.583. The van der Waals surface area contributed by atoms with Crippen LogP contribution in [-0.2, 0) is 12.4 Å². The van der Waals surface area contributed by atoms with E-state index in [1.54, 1.807) is 6.92 Å². The number of anilines is 3. The van der Waals surface area contributed by atoms with E-state index in [1.807, 2.05) is 0 Å². The number of benzene rings is 1. The van der Waals surface area contributed by atoms with E-state index < -0.39 is 23.5 Å². The van der Waals surface area contributed by atoms with Crippen molar-refractivity contribution in [2.75, 3.05) is 22.9 Å². The Labute approximate surface area is 195 Å². The van der Waals surface area contributed by atoms with Crippen molar-refractivity contribution in [2.45, 2.75) is 77.2 Å². The zero-order chi connectivity index (χ0) is 24.8. The van der Waals surface area contributed by atoms with Crippen LogP contribution in [0.1, 0.15) is 74.4 Å². The highest BCUT2D eigenvalue weighted by Crippen LogP contribution is 2.50.